The van der Waals surface area contributed by atoms with Crippen molar-refractivity contribution in [1.29, 1.82) is 0 Å². The third-order valence-corrected chi connectivity index (χ3v) is 23.4. The Morgan fingerprint density at radius 2 is 0.577 bits per heavy atom. The number of unbranched alkanes of at least 4 members (excludes halogenated alkanes) is 57. The first kappa shape index (κ1) is 103. The Kier molecular flexibility index (Phi) is 67.0. The van der Waals surface area contributed by atoms with E-state index in [1.807, 2.05) is 6.08 Å². The van der Waals surface area contributed by atoms with Gasteiger partial charge < -0.3 is 89.9 Å². The van der Waals surface area contributed by atoms with Crippen LogP contribution in [0.25, 0.3) is 0 Å². The van der Waals surface area contributed by atoms with E-state index in [4.69, 9.17) is 28.4 Å². The van der Waals surface area contributed by atoms with E-state index in [-0.39, 0.29) is 18.9 Å². The van der Waals surface area contributed by atoms with E-state index in [0.29, 0.717) is 12.8 Å². The number of nitrogens with one attached hydrogen (secondary N) is 1. The molecule has 3 fully saturated rings. The fourth-order valence-electron chi connectivity index (χ4n) is 16.0. The van der Waals surface area contributed by atoms with E-state index in [0.717, 1.165) is 44.9 Å². The summed E-state index contributed by atoms with van der Waals surface area (Å²) in [7, 11) is 0. The number of hydrogen-bond acceptors (Lipinski definition) is 18. The van der Waals surface area contributed by atoms with Gasteiger partial charge in [0, 0.05) is 6.42 Å². The number of allylic oxidation sites excluding steroid dienone is 5. The molecule has 111 heavy (non-hydrogen) atoms. The summed E-state index contributed by atoms with van der Waals surface area (Å²) in [4.78, 5) is 13.5. The topological polar surface area (TPSA) is 307 Å². The molecule has 17 atom stereocenters. The summed E-state index contributed by atoms with van der Waals surface area (Å²) < 4.78 is 34.5. The van der Waals surface area contributed by atoms with Gasteiger partial charge in [-0.15, -0.1) is 0 Å². The maximum absolute atomic E-state index is 13.5. The number of hydrogen-bond donors (Lipinski definition) is 12. The highest BCUT2D eigenvalue weighted by Gasteiger charge is 2.54. The van der Waals surface area contributed by atoms with Gasteiger partial charge in [-0.1, -0.05) is 397 Å². The van der Waals surface area contributed by atoms with Crippen LogP contribution in [0.2, 0.25) is 0 Å². The van der Waals surface area contributed by atoms with Gasteiger partial charge in [0.25, 0.3) is 0 Å². The molecule has 0 spiro atoms. The highest BCUT2D eigenvalue weighted by Crippen LogP contribution is 2.34. The lowest BCUT2D eigenvalue weighted by Gasteiger charge is -2.48. The van der Waals surface area contributed by atoms with Gasteiger partial charge in [-0.05, 0) is 44.9 Å². The lowest BCUT2D eigenvalue weighted by Crippen LogP contribution is -2.66. The molecule has 0 saturated carbocycles. The highest BCUT2D eigenvalue weighted by atomic mass is 16.8. The summed E-state index contributed by atoms with van der Waals surface area (Å²) >= 11 is 0. The van der Waals surface area contributed by atoms with Crippen LogP contribution >= 0.6 is 0 Å². The van der Waals surface area contributed by atoms with Crippen LogP contribution in [0.1, 0.15) is 412 Å². The van der Waals surface area contributed by atoms with Crippen molar-refractivity contribution in [3.63, 3.8) is 0 Å². The third kappa shape index (κ3) is 50.5. The first-order valence-electron chi connectivity index (χ1n) is 46.7. The molecule has 0 aromatic rings. The van der Waals surface area contributed by atoms with Crippen LogP contribution in [-0.4, -0.2) is 193 Å². The van der Waals surface area contributed by atoms with Crippen LogP contribution in [0.3, 0.4) is 0 Å². The molecule has 0 aliphatic carbocycles. The molecule has 0 radical (unpaired) electrons. The maximum atomic E-state index is 13.5. The fraction of sp³-hybridized carbons (Fsp3) is 0.924. The van der Waals surface area contributed by atoms with E-state index in [2.05, 4.69) is 43.5 Å². The zero-order valence-electron chi connectivity index (χ0n) is 70.7. The summed E-state index contributed by atoms with van der Waals surface area (Å²) in [5.41, 5.74) is 0. The Morgan fingerprint density at radius 1 is 0.315 bits per heavy atom. The van der Waals surface area contributed by atoms with Gasteiger partial charge >= 0.3 is 0 Å². The second-order valence-electron chi connectivity index (χ2n) is 33.5. The van der Waals surface area contributed by atoms with Crippen molar-refractivity contribution < 1.29 is 89.4 Å². The van der Waals surface area contributed by atoms with E-state index in [1.54, 1.807) is 6.08 Å². The maximum Gasteiger partial charge on any atom is 0.220 e. The molecule has 3 heterocycles. The Bertz CT molecular complexity index is 2140. The molecule has 0 aromatic carbocycles. The van der Waals surface area contributed by atoms with Gasteiger partial charge in [0.05, 0.1) is 38.6 Å². The molecule has 3 rings (SSSR count). The first-order chi connectivity index (χ1) is 54.3. The SMILES string of the molecule is CCCCCCCCCCCCCCCCC/C=C/CC/C=C/CC/C=C/C(O)C(COC1OC(CO)C(OC2OC(CO)C(OC3OC(CO)C(O)C(O)C3O)C(O)C2O)C(O)C1O)NC(=O)CCCCCCCCCCCCCCCCCCCCCCCCCCCCCCCCCCCCCCCCCCC. The number of amides is 1. The monoisotopic (exact) mass is 1580 g/mol. The predicted molar refractivity (Wildman–Crippen MR) is 448 cm³/mol. The van der Waals surface area contributed by atoms with Gasteiger partial charge in [-0.25, -0.2) is 0 Å². The molecule has 12 N–H and O–H groups in total. The Balaban J connectivity index is 1.29. The number of aliphatic hydroxyl groups excluding tert-OH is 11. The van der Waals surface area contributed by atoms with Gasteiger partial charge in [0.15, 0.2) is 18.9 Å². The summed E-state index contributed by atoms with van der Waals surface area (Å²) in [6.45, 7) is 1.78. The molecule has 0 bridgehead atoms. The predicted octanol–water partition coefficient (Wildman–Crippen LogP) is 18.2. The van der Waals surface area contributed by atoms with Crippen molar-refractivity contribution >= 4 is 5.91 Å². The largest absolute Gasteiger partial charge is 0.394 e. The Labute approximate surface area is 676 Å². The number of carbonyl (C=O) groups excluding carboxylic acids is 1. The van der Waals surface area contributed by atoms with Crippen LogP contribution in [0.5, 0.6) is 0 Å². The van der Waals surface area contributed by atoms with Gasteiger partial charge in [0.1, 0.15) is 73.2 Å². The minimum absolute atomic E-state index is 0.237. The molecule has 17 unspecified atom stereocenters. The Morgan fingerprint density at radius 3 is 0.901 bits per heavy atom. The highest BCUT2D eigenvalue weighted by molar-refractivity contribution is 5.76. The van der Waals surface area contributed by atoms with Crippen LogP contribution in [0.15, 0.2) is 36.5 Å². The van der Waals surface area contributed by atoms with Crippen LogP contribution < -0.4 is 5.32 Å². The smallest absolute Gasteiger partial charge is 0.220 e. The Hall–Kier alpha value is -1.99. The molecule has 19 nitrogen and oxygen atoms in total. The van der Waals surface area contributed by atoms with Crippen molar-refractivity contribution in [2.24, 2.45) is 0 Å². The molecule has 3 aliphatic rings. The van der Waals surface area contributed by atoms with Crippen molar-refractivity contribution in [3.05, 3.63) is 36.5 Å². The van der Waals surface area contributed by atoms with E-state index >= 15 is 0 Å². The van der Waals surface area contributed by atoms with Crippen molar-refractivity contribution in [3.8, 4) is 0 Å². The molecule has 3 saturated heterocycles. The van der Waals surface area contributed by atoms with E-state index < -0.39 is 124 Å². The lowest BCUT2D eigenvalue weighted by molar-refractivity contribution is -0.379. The first-order valence-corrected chi connectivity index (χ1v) is 46.7. The standard InChI is InChI=1S/C92H173NO18/c1-3-5-7-9-11-13-15-17-19-21-23-25-27-29-30-31-32-33-34-35-36-37-38-39-40-41-42-43-44-46-48-50-52-54-56-58-60-62-64-66-68-70-80(98)93-75(76(97)69-67-65-63-61-59-57-55-53-51-49-47-45-28-26-24-22-20-18-16-14-12-10-8-6-4-2)74-106-90-86(104)83(101)88(78(72-95)108-90)111-92-87(105)84(102)89(79(73-96)109-92)110-91-85(103)82(100)81(99)77(71-94)107-91/h51,53,59,61,67,69,75-79,81-92,94-97,99-105H,3-50,52,54-58,60,62-66,68,70-74H2,1-2H3,(H,93,98)/b53-51+,61-59+,69-67+. The summed E-state index contributed by atoms with van der Waals surface area (Å²) in [6.07, 6.45) is 66.2. The molecule has 1 amide bonds. The van der Waals surface area contributed by atoms with Gasteiger partial charge in [-0.2, -0.15) is 0 Å². The van der Waals surface area contributed by atoms with E-state index in [9.17, 15) is 61.0 Å². The van der Waals surface area contributed by atoms with Crippen LogP contribution in [0, 0.1) is 0 Å². The van der Waals surface area contributed by atoms with Crippen LogP contribution in [-0.2, 0) is 33.2 Å². The minimum Gasteiger partial charge on any atom is -0.394 e. The second-order valence-corrected chi connectivity index (χ2v) is 33.5. The van der Waals surface area contributed by atoms with E-state index in [1.165, 1.54) is 334 Å². The number of carbonyl (C=O) groups is 1. The molecule has 0 aromatic heterocycles. The molecule has 654 valence electrons. The van der Waals surface area contributed by atoms with Gasteiger partial charge in [-0.3, -0.25) is 4.79 Å². The molecular formula is C92H173NO18. The molecule has 3 aliphatic heterocycles. The quantitative estimate of drug-likeness (QED) is 0.0199. The molecule has 19 heteroatoms. The fourth-order valence-corrected chi connectivity index (χ4v) is 16.0. The number of rotatable bonds is 77. The number of aliphatic hydroxyl groups is 11. The zero-order chi connectivity index (χ0) is 80.3. The summed E-state index contributed by atoms with van der Waals surface area (Å²) in [6, 6.07) is -0.997. The van der Waals surface area contributed by atoms with Crippen molar-refractivity contribution in [2.45, 2.75) is 516 Å². The summed E-state index contributed by atoms with van der Waals surface area (Å²) in [5, 5.41) is 121. The lowest BCUT2D eigenvalue weighted by atomic mass is 9.96. The van der Waals surface area contributed by atoms with Crippen molar-refractivity contribution in [2.75, 3.05) is 26.4 Å². The van der Waals surface area contributed by atoms with Crippen molar-refractivity contribution in [1.82, 2.24) is 5.32 Å². The minimum atomic E-state index is -1.98. The average Bonchev–Trinajstić information content (AvgIpc) is 0.780. The number of ether oxygens (including phenoxy) is 6. The van der Waals surface area contributed by atoms with Crippen LogP contribution in [0.4, 0.5) is 0 Å². The average molecular weight is 1580 g/mol. The normalized spacial score (nSPS) is 25.1. The molecular weight excluding hydrogens is 1410 g/mol. The second kappa shape index (κ2) is 72.1. The zero-order valence-corrected chi connectivity index (χ0v) is 70.7. The summed E-state index contributed by atoms with van der Waals surface area (Å²) in [5.74, 6) is -0.281. The third-order valence-electron chi connectivity index (χ3n) is 23.4. The van der Waals surface area contributed by atoms with Gasteiger partial charge in [0.2, 0.25) is 5.91 Å².